The van der Waals surface area contributed by atoms with E-state index in [2.05, 4.69) is 52.8 Å². The lowest BCUT2D eigenvalue weighted by molar-refractivity contribution is -0.107. The molecule has 0 unspecified atom stereocenters. The SMILES string of the molecule is CC(=Cc1ccccc1)C(=O)S[C@H]1CC[C@@]2(C)C(=CC[C@@H]3[C@H]4CC[C@@H]([C@@H](C)CCCC(C)C)[C@@]4(C)CC[C@@H]32)C1. The average Bonchev–Trinajstić information content (AvgIpc) is 3.26. The normalized spacial score (nSPS) is 37.1. The summed E-state index contributed by atoms with van der Waals surface area (Å²) >= 11 is 1.61. The van der Waals surface area contributed by atoms with Crippen molar-refractivity contribution in [1.82, 2.24) is 0 Å². The van der Waals surface area contributed by atoms with E-state index in [4.69, 9.17) is 0 Å². The average molecular weight is 547 g/mol. The minimum atomic E-state index is 0.259. The standard InChI is InChI=1S/C37H54OS/c1-25(2)11-10-12-26(3)32-17-18-33-31-16-15-29-24-30(19-21-36(29,5)34(31)20-22-37(32,33)6)39-35(38)27(4)23-28-13-8-7-9-14-28/h7-9,13-15,23,25-26,30-34H,10-12,16-22,24H2,1-6H3/t26-,30-,31+,32-,33+,34-,36-,37+/m0/s1. The Morgan fingerprint density at radius 3 is 2.51 bits per heavy atom. The van der Waals surface area contributed by atoms with E-state index in [9.17, 15) is 4.79 Å². The number of thioether (sulfide) groups is 1. The van der Waals surface area contributed by atoms with Crippen molar-refractivity contribution in [2.45, 2.75) is 117 Å². The molecule has 39 heavy (non-hydrogen) atoms. The molecule has 2 heteroatoms. The Balaban J connectivity index is 1.23. The van der Waals surface area contributed by atoms with Gasteiger partial charge in [-0.3, -0.25) is 4.79 Å². The second kappa shape index (κ2) is 11.9. The van der Waals surface area contributed by atoms with E-state index in [-0.39, 0.29) is 5.12 Å². The molecule has 0 aliphatic heterocycles. The fourth-order valence-electron chi connectivity index (χ4n) is 9.86. The first kappa shape index (κ1) is 29.2. The Kier molecular flexibility index (Phi) is 8.92. The Morgan fingerprint density at radius 2 is 1.77 bits per heavy atom. The summed E-state index contributed by atoms with van der Waals surface area (Å²) in [7, 11) is 0. The van der Waals surface area contributed by atoms with E-state index in [1.54, 1.807) is 17.3 Å². The summed E-state index contributed by atoms with van der Waals surface area (Å²) in [5, 5.41) is 0.693. The number of hydrogen-bond donors (Lipinski definition) is 0. The number of carbonyl (C=O) groups is 1. The topological polar surface area (TPSA) is 17.1 Å². The summed E-state index contributed by atoms with van der Waals surface area (Å²) < 4.78 is 0. The lowest BCUT2D eigenvalue weighted by Crippen LogP contribution is -2.50. The van der Waals surface area contributed by atoms with Crippen molar-refractivity contribution in [2.24, 2.45) is 46.3 Å². The fraction of sp³-hybridized carbons (Fsp3) is 0.703. The first-order valence-corrected chi connectivity index (χ1v) is 17.1. The van der Waals surface area contributed by atoms with Gasteiger partial charge < -0.3 is 0 Å². The summed E-state index contributed by atoms with van der Waals surface area (Å²) in [4.78, 5) is 13.1. The van der Waals surface area contributed by atoms with Gasteiger partial charge in [-0.15, -0.1) is 0 Å². The fourth-order valence-corrected chi connectivity index (χ4v) is 10.9. The monoisotopic (exact) mass is 546 g/mol. The Labute approximate surface area is 244 Å². The molecule has 1 nitrogen and oxygen atoms in total. The van der Waals surface area contributed by atoms with E-state index in [0.717, 1.165) is 53.1 Å². The highest BCUT2D eigenvalue weighted by atomic mass is 32.2. The predicted octanol–water partition coefficient (Wildman–Crippen LogP) is 10.8. The largest absolute Gasteiger partial charge is 0.282 e. The molecule has 4 aliphatic carbocycles. The molecule has 8 atom stereocenters. The summed E-state index contributed by atoms with van der Waals surface area (Å²) in [6, 6.07) is 10.3. The molecule has 0 amide bonds. The molecule has 0 heterocycles. The van der Waals surface area contributed by atoms with Gasteiger partial charge in [-0.05, 0) is 116 Å². The van der Waals surface area contributed by atoms with Gasteiger partial charge in [0.25, 0.3) is 0 Å². The number of allylic oxidation sites excluding steroid dienone is 2. The molecule has 0 saturated heterocycles. The zero-order valence-electron chi connectivity index (χ0n) is 25.7. The zero-order valence-corrected chi connectivity index (χ0v) is 26.5. The minimum absolute atomic E-state index is 0.259. The Bertz CT molecular complexity index is 1070. The Hall–Kier alpha value is -1.28. The van der Waals surface area contributed by atoms with Crippen LogP contribution < -0.4 is 0 Å². The van der Waals surface area contributed by atoms with E-state index < -0.39 is 0 Å². The number of carbonyl (C=O) groups excluding carboxylic acids is 1. The van der Waals surface area contributed by atoms with Crippen molar-refractivity contribution >= 4 is 23.0 Å². The van der Waals surface area contributed by atoms with Crippen LogP contribution in [-0.4, -0.2) is 10.4 Å². The van der Waals surface area contributed by atoms with Gasteiger partial charge in [-0.1, -0.05) is 108 Å². The summed E-state index contributed by atoms with van der Waals surface area (Å²) in [5.74, 6) is 5.30. The van der Waals surface area contributed by atoms with Crippen LogP contribution in [0.3, 0.4) is 0 Å². The molecule has 0 aromatic heterocycles. The van der Waals surface area contributed by atoms with Crippen molar-refractivity contribution < 1.29 is 4.79 Å². The molecule has 0 spiro atoms. The summed E-state index contributed by atoms with van der Waals surface area (Å²) in [6.07, 6.45) is 19.6. The lowest BCUT2D eigenvalue weighted by atomic mass is 9.47. The molecular weight excluding hydrogens is 492 g/mol. The number of fused-ring (bicyclic) bond motifs is 5. The smallest absolute Gasteiger partial charge is 0.215 e. The van der Waals surface area contributed by atoms with Gasteiger partial charge in [0, 0.05) is 10.8 Å². The van der Waals surface area contributed by atoms with Crippen molar-refractivity contribution in [2.75, 3.05) is 0 Å². The van der Waals surface area contributed by atoms with Gasteiger partial charge in [-0.25, -0.2) is 0 Å². The third-order valence-corrected chi connectivity index (χ3v) is 13.3. The van der Waals surface area contributed by atoms with Gasteiger partial charge in [-0.2, -0.15) is 0 Å². The van der Waals surface area contributed by atoms with Crippen LogP contribution in [0, 0.1) is 46.3 Å². The number of benzene rings is 1. The van der Waals surface area contributed by atoms with Crippen LogP contribution in [0.4, 0.5) is 0 Å². The molecule has 1 aromatic carbocycles. The van der Waals surface area contributed by atoms with Crippen LogP contribution in [0.2, 0.25) is 0 Å². The second-order valence-corrected chi connectivity index (χ2v) is 16.1. The third-order valence-electron chi connectivity index (χ3n) is 12.0. The highest BCUT2D eigenvalue weighted by Crippen LogP contribution is 2.67. The van der Waals surface area contributed by atoms with Crippen LogP contribution in [0.15, 0.2) is 47.6 Å². The molecule has 0 N–H and O–H groups in total. The van der Waals surface area contributed by atoms with Crippen molar-refractivity contribution in [1.29, 1.82) is 0 Å². The van der Waals surface area contributed by atoms with E-state index in [1.165, 1.54) is 64.2 Å². The molecule has 3 fully saturated rings. The van der Waals surface area contributed by atoms with Crippen LogP contribution in [-0.2, 0) is 4.79 Å². The van der Waals surface area contributed by atoms with Crippen LogP contribution in [0.5, 0.6) is 0 Å². The molecular formula is C37H54OS. The van der Waals surface area contributed by atoms with Gasteiger partial charge in [0.1, 0.15) is 0 Å². The maximum atomic E-state index is 13.1. The van der Waals surface area contributed by atoms with Gasteiger partial charge in [0.05, 0.1) is 0 Å². The van der Waals surface area contributed by atoms with E-state index in [1.807, 2.05) is 31.2 Å². The highest BCUT2D eigenvalue weighted by molar-refractivity contribution is 8.14. The lowest BCUT2D eigenvalue weighted by Gasteiger charge is -2.58. The molecule has 4 aliphatic rings. The van der Waals surface area contributed by atoms with Crippen LogP contribution >= 0.6 is 11.8 Å². The molecule has 3 saturated carbocycles. The predicted molar refractivity (Wildman–Crippen MR) is 170 cm³/mol. The van der Waals surface area contributed by atoms with E-state index >= 15 is 0 Å². The minimum Gasteiger partial charge on any atom is -0.282 e. The van der Waals surface area contributed by atoms with Crippen molar-refractivity contribution in [3.8, 4) is 0 Å². The highest BCUT2D eigenvalue weighted by Gasteiger charge is 2.59. The molecule has 0 bridgehead atoms. The van der Waals surface area contributed by atoms with Gasteiger partial charge in [0.15, 0.2) is 0 Å². The van der Waals surface area contributed by atoms with Crippen LogP contribution in [0.1, 0.15) is 118 Å². The number of hydrogen-bond acceptors (Lipinski definition) is 2. The van der Waals surface area contributed by atoms with E-state index in [0.29, 0.717) is 16.1 Å². The van der Waals surface area contributed by atoms with Crippen molar-refractivity contribution in [3.63, 3.8) is 0 Å². The first-order chi connectivity index (χ1) is 18.6. The summed E-state index contributed by atoms with van der Waals surface area (Å²) in [5.41, 5.74) is 4.61. The molecule has 5 rings (SSSR count). The quantitative estimate of drug-likeness (QED) is 0.238. The van der Waals surface area contributed by atoms with Crippen LogP contribution in [0.25, 0.3) is 6.08 Å². The molecule has 214 valence electrons. The number of rotatable bonds is 8. The molecule has 0 radical (unpaired) electrons. The molecule has 1 aromatic rings. The van der Waals surface area contributed by atoms with Crippen molar-refractivity contribution in [3.05, 3.63) is 53.1 Å². The maximum absolute atomic E-state index is 13.1. The third kappa shape index (κ3) is 5.89. The second-order valence-electron chi connectivity index (χ2n) is 14.8. The maximum Gasteiger partial charge on any atom is 0.215 e. The van der Waals surface area contributed by atoms with Gasteiger partial charge in [0.2, 0.25) is 5.12 Å². The first-order valence-electron chi connectivity index (χ1n) is 16.3. The Morgan fingerprint density at radius 1 is 1.00 bits per heavy atom. The summed E-state index contributed by atoms with van der Waals surface area (Å²) in [6.45, 7) is 14.6. The zero-order chi connectivity index (χ0) is 27.8. The van der Waals surface area contributed by atoms with Gasteiger partial charge >= 0.3 is 0 Å².